The minimum absolute atomic E-state index is 0.227. The average molecular weight is 552 g/mol. The number of fused-ring (bicyclic) bond motifs is 1. The molecule has 4 aromatic rings. The maximum Gasteiger partial charge on any atom is 0.271 e. The summed E-state index contributed by atoms with van der Waals surface area (Å²) in [7, 11) is 3.12. The van der Waals surface area contributed by atoms with E-state index in [2.05, 4.69) is 5.32 Å². The molecule has 0 bridgehead atoms. The van der Waals surface area contributed by atoms with Crippen molar-refractivity contribution >= 4 is 35.1 Å². The number of allylic oxidation sites excluding steroid dienone is 2. The summed E-state index contributed by atoms with van der Waals surface area (Å²) in [4.78, 5) is 32.9. The molecule has 0 fully saturated rings. The molecule has 5 rings (SSSR count). The smallest absolute Gasteiger partial charge is 0.271 e. The number of rotatable bonds is 7. The summed E-state index contributed by atoms with van der Waals surface area (Å²) in [5.74, 6) is 0.728. The molecule has 0 saturated carbocycles. The molecule has 0 aliphatic carbocycles. The number of nitrogens with one attached hydrogen (secondary N) is 1. The van der Waals surface area contributed by atoms with Crippen LogP contribution in [0, 0.1) is 6.92 Å². The van der Waals surface area contributed by atoms with E-state index in [-0.39, 0.29) is 11.5 Å². The maximum absolute atomic E-state index is 13.8. The fraction of sp³-hybridized carbons (Fsp3) is 0.156. The van der Waals surface area contributed by atoms with E-state index in [1.165, 1.54) is 11.3 Å². The van der Waals surface area contributed by atoms with Gasteiger partial charge in [-0.2, -0.15) is 0 Å². The number of carbonyl (C=O) groups excluding carboxylic acids is 1. The van der Waals surface area contributed by atoms with Gasteiger partial charge in [0, 0.05) is 5.69 Å². The molecule has 1 atom stereocenters. The molecule has 1 aliphatic heterocycles. The summed E-state index contributed by atoms with van der Waals surface area (Å²) in [5, 5.41) is 3.03. The molecule has 0 radical (unpaired) electrons. The molecular weight excluding hydrogens is 522 g/mol. The van der Waals surface area contributed by atoms with E-state index in [9.17, 15) is 9.59 Å². The molecule has 0 saturated heterocycles. The lowest BCUT2D eigenvalue weighted by Crippen LogP contribution is -2.40. The Bertz CT molecular complexity index is 1820. The molecule has 0 spiro atoms. The summed E-state index contributed by atoms with van der Waals surface area (Å²) < 4.78 is 13.1. The molecule has 7 nitrogen and oxygen atoms in total. The van der Waals surface area contributed by atoms with Crippen molar-refractivity contribution in [3.05, 3.63) is 127 Å². The van der Waals surface area contributed by atoms with Gasteiger partial charge in [0.2, 0.25) is 0 Å². The van der Waals surface area contributed by atoms with Crippen molar-refractivity contribution in [3.8, 4) is 11.5 Å². The Morgan fingerprint density at radius 1 is 0.975 bits per heavy atom. The summed E-state index contributed by atoms with van der Waals surface area (Å²) >= 11 is 1.29. The van der Waals surface area contributed by atoms with Gasteiger partial charge in [-0.1, -0.05) is 78.1 Å². The van der Waals surface area contributed by atoms with E-state index in [0.717, 1.165) is 11.1 Å². The molecular formula is C32H29N3O4S. The minimum Gasteiger partial charge on any atom is -0.493 e. The highest BCUT2D eigenvalue weighted by Gasteiger charge is 2.33. The number of hydrogen-bond acceptors (Lipinski definition) is 6. The molecule has 2 heterocycles. The molecule has 3 aromatic carbocycles. The number of ether oxygens (including phenoxy) is 2. The number of methoxy groups -OCH3 is 2. The van der Waals surface area contributed by atoms with Gasteiger partial charge in [0.1, 0.15) is 0 Å². The highest BCUT2D eigenvalue weighted by atomic mass is 32.1. The van der Waals surface area contributed by atoms with Crippen molar-refractivity contribution in [2.24, 2.45) is 4.99 Å². The van der Waals surface area contributed by atoms with Crippen molar-refractivity contribution in [3.63, 3.8) is 0 Å². The average Bonchev–Trinajstić information content (AvgIpc) is 3.27. The van der Waals surface area contributed by atoms with Crippen molar-refractivity contribution < 1.29 is 14.3 Å². The van der Waals surface area contributed by atoms with Gasteiger partial charge < -0.3 is 14.8 Å². The molecule has 1 aromatic heterocycles. The fourth-order valence-corrected chi connectivity index (χ4v) is 5.68. The van der Waals surface area contributed by atoms with Crippen LogP contribution in [0.1, 0.15) is 29.7 Å². The topological polar surface area (TPSA) is 81.9 Å². The first-order valence-electron chi connectivity index (χ1n) is 12.7. The van der Waals surface area contributed by atoms with Crippen molar-refractivity contribution in [1.82, 2.24) is 4.57 Å². The third kappa shape index (κ3) is 5.26. The second-order valence-corrected chi connectivity index (χ2v) is 10.3. The van der Waals surface area contributed by atoms with Crippen LogP contribution in [0.15, 0.2) is 99.9 Å². The first-order chi connectivity index (χ1) is 19.4. The summed E-state index contributed by atoms with van der Waals surface area (Å²) in [6.07, 6.45) is 5.58. The van der Waals surface area contributed by atoms with Crippen LogP contribution in [0.25, 0.3) is 12.2 Å². The predicted molar refractivity (Wildman–Crippen MR) is 159 cm³/mol. The number of anilines is 1. The van der Waals surface area contributed by atoms with Crippen molar-refractivity contribution in [2.45, 2.75) is 19.9 Å². The van der Waals surface area contributed by atoms with Gasteiger partial charge in [-0.05, 0) is 54.8 Å². The summed E-state index contributed by atoms with van der Waals surface area (Å²) in [5.41, 5.74) is 4.06. The van der Waals surface area contributed by atoms with E-state index in [1.54, 1.807) is 43.9 Å². The Morgan fingerprint density at radius 3 is 2.42 bits per heavy atom. The Labute approximate surface area is 236 Å². The first kappa shape index (κ1) is 26.9. The quantitative estimate of drug-likeness (QED) is 0.356. The highest BCUT2D eigenvalue weighted by Crippen LogP contribution is 2.36. The number of benzene rings is 3. The lowest BCUT2D eigenvalue weighted by Gasteiger charge is -2.26. The Morgan fingerprint density at radius 2 is 1.70 bits per heavy atom. The fourth-order valence-electron chi connectivity index (χ4n) is 4.68. The summed E-state index contributed by atoms with van der Waals surface area (Å²) in [6, 6.07) is 22.1. The highest BCUT2D eigenvalue weighted by molar-refractivity contribution is 7.07. The van der Waals surface area contributed by atoms with Gasteiger partial charge in [0.25, 0.3) is 11.5 Å². The van der Waals surface area contributed by atoms with E-state index in [1.807, 2.05) is 79.7 Å². The molecule has 8 heteroatoms. The second kappa shape index (κ2) is 11.6. The molecule has 40 heavy (non-hydrogen) atoms. The molecule has 0 unspecified atom stereocenters. The second-order valence-electron chi connectivity index (χ2n) is 9.26. The molecule has 202 valence electrons. The van der Waals surface area contributed by atoms with Crippen LogP contribution in [0.2, 0.25) is 0 Å². The number of hydrogen-bond donors (Lipinski definition) is 1. The Balaban J connectivity index is 1.65. The standard InChI is InChI=1S/C32H29N3O4S/c1-20-11-8-9-15-24(20)34-30(36)28-21(2)33-32-35(29(28)23-17-18-25(38-3)26(19-23)39-4)31(37)27(40-32)16-10-14-22-12-6-5-7-13-22/h5-19,29H,1-4H3,(H,34,36)/b14-10-,27-16+/t29-/m0/s1. The van der Waals surface area contributed by atoms with Crippen LogP contribution in [0.4, 0.5) is 5.69 Å². The number of nitrogens with zero attached hydrogens (tertiary/aromatic N) is 2. The van der Waals surface area contributed by atoms with Crippen LogP contribution < -0.4 is 29.7 Å². The van der Waals surface area contributed by atoms with Gasteiger partial charge in [-0.3, -0.25) is 14.2 Å². The largest absolute Gasteiger partial charge is 0.493 e. The van der Waals surface area contributed by atoms with Gasteiger partial charge in [-0.15, -0.1) is 0 Å². The number of aromatic nitrogens is 1. The SMILES string of the molecule is COc1ccc([C@H]2C(C(=O)Nc3ccccc3C)=C(C)N=c3s/c(=C/C=C\c4ccccc4)c(=O)n32)cc1OC. The summed E-state index contributed by atoms with van der Waals surface area (Å²) in [6.45, 7) is 3.73. The number of amides is 1. The molecule has 1 amide bonds. The van der Waals surface area contributed by atoms with Crippen LogP contribution >= 0.6 is 11.3 Å². The monoisotopic (exact) mass is 551 g/mol. The van der Waals surface area contributed by atoms with Gasteiger partial charge in [-0.25, -0.2) is 4.99 Å². The van der Waals surface area contributed by atoms with Gasteiger partial charge >= 0.3 is 0 Å². The zero-order chi connectivity index (χ0) is 28.2. The van der Waals surface area contributed by atoms with Gasteiger partial charge in [0.05, 0.1) is 36.1 Å². The lowest BCUT2D eigenvalue weighted by molar-refractivity contribution is -0.113. The zero-order valence-electron chi connectivity index (χ0n) is 22.7. The van der Waals surface area contributed by atoms with E-state index >= 15 is 0 Å². The van der Waals surface area contributed by atoms with Crippen molar-refractivity contribution in [1.29, 1.82) is 0 Å². The predicted octanol–water partition coefficient (Wildman–Crippen LogP) is 4.86. The van der Waals surface area contributed by atoms with Crippen LogP contribution in [-0.2, 0) is 4.79 Å². The number of para-hydroxylation sites is 1. The number of carbonyl (C=O) groups is 1. The maximum atomic E-state index is 13.8. The third-order valence-electron chi connectivity index (χ3n) is 6.72. The van der Waals surface area contributed by atoms with Crippen LogP contribution in [-0.4, -0.2) is 24.7 Å². The van der Waals surface area contributed by atoms with E-state index in [4.69, 9.17) is 14.5 Å². The first-order valence-corrected chi connectivity index (χ1v) is 13.6. The third-order valence-corrected chi connectivity index (χ3v) is 7.72. The Kier molecular flexibility index (Phi) is 7.79. The van der Waals surface area contributed by atoms with Gasteiger partial charge in [0.15, 0.2) is 16.3 Å². The van der Waals surface area contributed by atoms with E-state index in [0.29, 0.717) is 43.4 Å². The molecule has 1 aliphatic rings. The molecule has 1 N–H and O–H groups in total. The Hall–Kier alpha value is -4.69. The normalized spacial score (nSPS) is 15.1. The van der Waals surface area contributed by atoms with Crippen LogP contribution in [0.5, 0.6) is 11.5 Å². The minimum atomic E-state index is -0.722. The van der Waals surface area contributed by atoms with E-state index < -0.39 is 6.04 Å². The zero-order valence-corrected chi connectivity index (χ0v) is 23.5. The number of aryl methyl sites for hydroxylation is 1. The van der Waals surface area contributed by atoms with Crippen molar-refractivity contribution in [2.75, 3.05) is 19.5 Å². The number of thiazole rings is 1. The van der Waals surface area contributed by atoms with Crippen LogP contribution in [0.3, 0.4) is 0 Å². The lowest BCUT2D eigenvalue weighted by atomic mass is 9.94.